The summed E-state index contributed by atoms with van der Waals surface area (Å²) in [7, 11) is 0. The molecule has 0 unspecified atom stereocenters. The summed E-state index contributed by atoms with van der Waals surface area (Å²) in [5.74, 6) is -0.173. The number of nitrogens with zero attached hydrogens (tertiary/aromatic N) is 4. The first-order valence-electron chi connectivity index (χ1n) is 12.7. The molecule has 4 rings (SSSR count). The molecule has 2 aliphatic rings. The number of rotatable bonds is 9. The Morgan fingerprint density at radius 3 is 2.80 bits per heavy atom. The van der Waals surface area contributed by atoms with Gasteiger partial charge in [0.15, 0.2) is 0 Å². The van der Waals surface area contributed by atoms with Gasteiger partial charge < -0.3 is 5.11 Å². The lowest BCUT2D eigenvalue weighted by molar-refractivity contribution is -0.142. The van der Waals surface area contributed by atoms with Crippen LogP contribution in [-0.4, -0.2) is 45.3 Å². The Labute approximate surface area is 212 Å². The molecule has 0 saturated carbocycles. The van der Waals surface area contributed by atoms with E-state index in [0.29, 0.717) is 5.92 Å². The van der Waals surface area contributed by atoms with E-state index in [-0.39, 0.29) is 6.04 Å². The summed E-state index contributed by atoms with van der Waals surface area (Å²) < 4.78 is 0. The zero-order valence-corrected chi connectivity index (χ0v) is 21.7. The fourth-order valence-electron chi connectivity index (χ4n) is 5.34. The van der Waals surface area contributed by atoms with Crippen molar-refractivity contribution in [2.24, 2.45) is 5.92 Å². The molecule has 6 nitrogen and oxygen atoms in total. The van der Waals surface area contributed by atoms with Crippen LogP contribution in [0.15, 0.2) is 35.4 Å². The third kappa shape index (κ3) is 5.71. The van der Waals surface area contributed by atoms with E-state index < -0.39 is 5.97 Å². The average molecular weight is 491 g/mol. The summed E-state index contributed by atoms with van der Waals surface area (Å²) in [5.41, 5.74) is 6.76. The highest BCUT2D eigenvalue weighted by molar-refractivity contribution is 7.15. The molecule has 0 spiro atoms. The van der Waals surface area contributed by atoms with Gasteiger partial charge in [-0.05, 0) is 80.2 Å². The van der Waals surface area contributed by atoms with Gasteiger partial charge in [-0.3, -0.25) is 9.69 Å². The normalized spacial score (nSPS) is 18.7. The van der Waals surface area contributed by atoms with Gasteiger partial charge >= 0.3 is 5.97 Å². The van der Waals surface area contributed by atoms with E-state index in [1.54, 1.807) is 11.3 Å². The Morgan fingerprint density at radius 2 is 2.09 bits per heavy atom. The van der Waals surface area contributed by atoms with Crippen LogP contribution in [-0.2, 0) is 17.6 Å². The molecule has 1 fully saturated rings. The Kier molecular flexibility index (Phi) is 8.15. The first kappa shape index (κ1) is 25.3. The predicted octanol–water partition coefficient (Wildman–Crippen LogP) is 5.90. The molecule has 1 aromatic heterocycles. The highest BCUT2D eigenvalue weighted by atomic mass is 32.1. The molecule has 0 bridgehead atoms. The fraction of sp³-hybridized carbons (Fsp3) is 0.500. The van der Waals surface area contributed by atoms with Crippen LogP contribution >= 0.6 is 11.3 Å². The zero-order chi connectivity index (χ0) is 24.9. The summed E-state index contributed by atoms with van der Waals surface area (Å²) in [4.78, 5) is 13.6. The molecule has 2 aromatic rings. The molecule has 1 atom stereocenters. The summed E-state index contributed by atoms with van der Waals surface area (Å²) >= 11 is 1.60. The van der Waals surface area contributed by atoms with Crippen molar-refractivity contribution in [3.63, 3.8) is 0 Å². The monoisotopic (exact) mass is 490 g/mol. The minimum atomic E-state index is -0.712. The Morgan fingerprint density at radius 1 is 1.29 bits per heavy atom. The number of carboxylic acids is 1. The lowest BCUT2D eigenvalue weighted by Gasteiger charge is -2.22. The molecule has 1 aliphatic carbocycles. The number of hydrogen-bond acceptors (Lipinski definition) is 6. The van der Waals surface area contributed by atoms with E-state index in [2.05, 4.69) is 60.1 Å². The van der Waals surface area contributed by atoms with E-state index in [0.717, 1.165) is 84.8 Å². The number of carboxylic acid groups (broad SMARTS) is 1. The van der Waals surface area contributed by atoms with E-state index in [1.165, 1.54) is 16.7 Å². The molecule has 0 radical (unpaired) electrons. The molecular weight excluding hydrogens is 456 g/mol. The number of benzene rings is 1. The zero-order valence-electron chi connectivity index (χ0n) is 20.9. The van der Waals surface area contributed by atoms with Crippen LogP contribution in [0.4, 0.5) is 0 Å². The van der Waals surface area contributed by atoms with Gasteiger partial charge in [-0.25, -0.2) is 0 Å². The van der Waals surface area contributed by atoms with Crippen molar-refractivity contribution >= 4 is 22.9 Å². The largest absolute Gasteiger partial charge is 0.480 e. The van der Waals surface area contributed by atoms with Crippen LogP contribution in [0.3, 0.4) is 0 Å². The van der Waals surface area contributed by atoms with Crippen LogP contribution in [0.5, 0.6) is 0 Å². The molecule has 1 aromatic carbocycles. The van der Waals surface area contributed by atoms with E-state index in [4.69, 9.17) is 0 Å². The molecule has 1 aliphatic heterocycles. The number of aliphatic carboxylic acids is 1. The highest BCUT2D eigenvalue weighted by Crippen LogP contribution is 2.37. The van der Waals surface area contributed by atoms with Crippen LogP contribution in [0.25, 0.3) is 16.1 Å². The van der Waals surface area contributed by atoms with Gasteiger partial charge in [0.25, 0.3) is 0 Å². The molecule has 2 heterocycles. The van der Waals surface area contributed by atoms with Gasteiger partial charge in [-0.15, -0.1) is 10.2 Å². The topological polar surface area (TPSA) is 90.1 Å². The molecular formula is C28H34N4O2S. The summed E-state index contributed by atoms with van der Waals surface area (Å²) in [6.45, 7) is 8.14. The van der Waals surface area contributed by atoms with Crippen molar-refractivity contribution in [1.82, 2.24) is 15.1 Å². The fourth-order valence-corrected chi connectivity index (χ4v) is 6.28. The second-order valence-electron chi connectivity index (χ2n) is 9.89. The number of carbonyl (C=O) groups is 1. The van der Waals surface area contributed by atoms with Crippen LogP contribution < -0.4 is 0 Å². The van der Waals surface area contributed by atoms with E-state index in [9.17, 15) is 15.2 Å². The molecule has 35 heavy (non-hydrogen) atoms. The third-order valence-electron chi connectivity index (χ3n) is 7.04. The average Bonchev–Trinajstić information content (AvgIpc) is 3.52. The van der Waals surface area contributed by atoms with Crippen molar-refractivity contribution in [1.29, 1.82) is 5.26 Å². The van der Waals surface area contributed by atoms with E-state index in [1.807, 2.05) is 6.08 Å². The molecule has 184 valence electrons. The van der Waals surface area contributed by atoms with Crippen LogP contribution in [0, 0.1) is 17.2 Å². The quantitative estimate of drug-likeness (QED) is 0.470. The predicted molar refractivity (Wildman–Crippen MR) is 140 cm³/mol. The number of aromatic nitrogens is 2. The van der Waals surface area contributed by atoms with Crippen molar-refractivity contribution in [3.8, 4) is 16.6 Å². The van der Waals surface area contributed by atoms with Gasteiger partial charge in [0.1, 0.15) is 16.1 Å². The SMILES string of the molecule is CCc1c(CCN2CCC[C@H]2C(=O)O)cccc1-c1nnc(C2=CC(C#N)=C(CC(C)C)CC2)s1. The summed E-state index contributed by atoms with van der Waals surface area (Å²) in [6, 6.07) is 8.36. The van der Waals surface area contributed by atoms with E-state index >= 15 is 0 Å². The second kappa shape index (κ2) is 11.3. The number of allylic oxidation sites excluding steroid dienone is 4. The number of nitriles is 1. The van der Waals surface area contributed by atoms with Gasteiger partial charge in [0, 0.05) is 12.1 Å². The maximum absolute atomic E-state index is 11.5. The Hall–Kier alpha value is -2.82. The van der Waals surface area contributed by atoms with Crippen molar-refractivity contribution in [2.75, 3.05) is 13.1 Å². The first-order valence-corrected chi connectivity index (χ1v) is 13.5. The smallest absolute Gasteiger partial charge is 0.320 e. The number of hydrogen-bond donors (Lipinski definition) is 1. The van der Waals surface area contributed by atoms with Gasteiger partial charge in [-0.1, -0.05) is 55.9 Å². The maximum Gasteiger partial charge on any atom is 0.320 e. The minimum Gasteiger partial charge on any atom is -0.480 e. The maximum atomic E-state index is 11.5. The molecule has 7 heteroatoms. The summed E-state index contributed by atoms with van der Waals surface area (Å²) in [5, 5.41) is 30.0. The van der Waals surface area contributed by atoms with Crippen molar-refractivity contribution < 1.29 is 9.90 Å². The van der Waals surface area contributed by atoms with Crippen LogP contribution in [0.1, 0.15) is 69.0 Å². The van der Waals surface area contributed by atoms with Gasteiger partial charge in [-0.2, -0.15) is 5.26 Å². The first-order chi connectivity index (χ1) is 16.9. The number of likely N-dealkylation sites (tertiary alicyclic amines) is 1. The lowest BCUT2D eigenvalue weighted by Crippen LogP contribution is -2.37. The van der Waals surface area contributed by atoms with Crippen molar-refractivity contribution in [3.05, 3.63) is 51.6 Å². The Bertz CT molecular complexity index is 1190. The minimum absolute atomic E-state index is 0.355. The Balaban J connectivity index is 1.55. The lowest BCUT2D eigenvalue weighted by atomic mass is 9.88. The molecule has 1 N–H and O–H groups in total. The van der Waals surface area contributed by atoms with Crippen LogP contribution in [0.2, 0.25) is 0 Å². The van der Waals surface area contributed by atoms with Gasteiger partial charge in [0.2, 0.25) is 0 Å². The van der Waals surface area contributed by atoms with Crippen molar-refractivity contribution in [2.45, 2.75) is 71.8 Å². The highest BCUT2D eigenvalue weighted by Gasteiger charge is 2.30. The second-order valence-corrected chi connectivity index (χ2v) is 10.9. The summed E-state index contributed by atoms with van der Waals surface area (Å²) in [6.07, 6.45) is 8.17. The molecule has 1 saturated heterocycles. The van der Waals surface area contributed by atoms with Gasteiger partial charge in [0.05, 0.1) is 11.6 Å². The molecule has 0 amide bonds. The third-order valence-corrected chi connectivity index (χ3v) is 8.08. The standard InChI is InChI=1S/C28H34N4O2S/c1-4-23-19(12-14-32-13-6-9-25(32)28(33)34)7-5-8-24(23)27-31-30-26(35-27)21-11-10-20(15-18(2)3)22(16-21)17-29/h5,7-8,16,18,25H,4,6,9-15H2,1-3H3,(H,33,34)/t25-/m0/s1.